The summed E-state index contributed by atoms with van der Waals surface area (Å²) in [5, 5.41) is -0.346. The van der Waals surface area contributed by atoms with Gasteiger partial charge in [0.1, 0.15) is 11.4 Å². The minimum absolute atomic E-state index is 0.195. The van der Waals surface area contributed by atoms with E-state index >= 15 is 0 Å². The van der Waals surface area contributed by atoms with Gasteiger partial charge in [0, 0.05) is 19.3 Å². The van der Waals surface area contributed by atoms with Crippen LogP contribution in [0.5, 0.6) is 5.75 Å². The highest BCUT2D eigenvalue weighted by Gasteiger charge is 2.31. The summed E-state index contributed by atoms with van der Waals surface area (Å²) >= 11 is 0. The predicted molar refractivity (Wildman–Crippen MR) is 99.8 cm³/mol. The monoisotopic (exact) mass is 374 g/mol. The van der Waals surface area contributed by atoms with Crippen molar-refractivity contribution in [3.8, 4) is 5.75 Å². The molecule has 1 aromatic carbocycles. The van der Waals surface area contributed by atoms with Crippen molar-refractivity contribution in [3.63, 3.8) is 0 Å². The van der Waals surface area contributed by atoms with Crippen LogP contribution in [0, 0.1) is 0 Å². The first kappa shape index (κ1) is 18.4. The first-order valence-corrected chi connectivity index (χ1v) is 10.2. The standard InChI is InChI=1S/C19H22N2O4S/c1-21(26(23,24)17-10-3-2-4-11-17)15-8-7-9-16(14-15)25-19(22)18-12-5-6-13-20-18/h5-9,12-14,17H,2-4,10-11H2,1H3. The van der Waals surface area contributed by atoms with E-state index in [-0.39, 0.29) is 16.7 Å². The Morgan fingerprint density at radius 1 is 1.12 bits per heavy atom. The molecule has 0 bridgehead atoms. The van der Waals surface area contributed by atoms with Crippen molar-refractivity contribution < 1.29 is 17.9 Å². The van der Waals surface area contributed by atoms with Crippen LogP contribution in [0.2, 0.25) is 0 Å². The van der Waals surface area contributed by atoms with Gasteiger partial charge in [-0.1, -0.05) is 31.4 Å². The van der Waals surface area contributed by atoms with Crippen LogP contribution >= 0.6 is 0 Å². The fourth-order valence-electron chi connectivity index (χ4n) is 3.12. The summed E-state index contributed by atoms with van der Waals surface area (Å²) < 4.78 is 32.3. The van der Waals surface area contributed by atoms with Crippen LogP contribution in [0.1, 0.15) is 42.6 Å². The van der Waals surface area contributed by atoms with E-state index in [1.807, 2.05) is 0 Å². The quantitative estimate of drug-likeness (QED) is 0.592. The molecule has 26 heavy (non-hydrogen) atoms. The number of carbonyl (C=O) groups is 1. The smallest absolute Gasteiger partial charge is 0.362 e. The Labute approximate surface area is 153 Å². The van der Waals surface area contributed by atoms with Crippen LogP contribution in [0.4, 0.5) is 5.69 Å². The zero-order valence-corrected chi connectivity index (χ0v) is 15.5. The minimum atomic E-state index is -3.43. The second-order valence-electron chi connectivity index (χ2n) is 6.37. The second kappa shape index (κ2) is 7.86. The van der Waals surface area contributed by atoms with Crippen LogP contribution in [0.15, 0.2) is 48.7 Å². The van der Waals surface area contributed by atoms with Crippen molar-refractivity contribution in [3.05, 3.63) is 54.4 Å². The van der Waals surface area contributed by atoms with E-state index in [0.29, 0.717) is 18.5 Å². The number of rotatable bonds is 5. The van der Waals surface area contributed by atoms with Crippen LogP contribution in [0.3, 0.4) is 0 Å². The topological polar surface area (TPSA) is 76.6 Å². The molecule has 0 atom stereocenters. The van der Waals surface area contributed by atoms with Gasteiger partial charge in [-0.3, -0.25) is 4.31 Å². The lowest BCUT2D eigenvalue weighted by atomic mass is 10.0. The predicted octanol–water partition coefficient (Wildman–Crippen LogP) is 3.40. The van der Waals surface area contributed by atoms with Crippen molar-refractivity contribution in [2.75, 3.05) is 11.4 Å². The van der Waals surface area contributed by atoms with Gasteiger partial charge in [0.15, 0.2) is 0 Å². The third-order valence-corrected chi connectivity index (χ3v) is 6.91. The lowest BCUT2D eigenvalue weighted by molar-refractivity contribution is 0.0728. The molecule has 1 saturated carbocycles. The molecule has 2 aromatic rings. The molecule has 7 heteroatoms. The highest BCUT2D eigenvalue weighted by molar-refractivity contribution is 7.93. The van der Waals surface area contributed by atoms with Crippen molar-refractivity contribution in [1.29, 1.82) is 0 Å². The number of aromatic nitrogens is 1. The van der Waals surface area contributed by atoms with Crippen molar-refractivity contribution in [1.82, 2.24) is 4.98 Å². The Bertz CT molecular complexity index is 862. The fraction of sp³-hybridized carbons (Fsp3) is 0.368. The first-order valence-electron chi connectivity index (χ1n) is 8.69. The van der Waals surface area contributed by atoms with E-state index in [1.165, 1.54) is 10.5 Å². The Morgan fingerprint density at radius 3 is 2.58 bits per heavy atom. The van der Waals surface area contributed by atoms with Crippen LogP contribution in [-0.2, 0) is 10.0 Å². The largest absolute Gasteiger partial charge is 0.422 e. The first-order chi connectivity index (χ1) is 12.5. The molecule has 0 N–H and O–H groups in total. The zero-order chi connectivity index (χ0) is 18.6. The summed E-state index contributed by atoms with van der Waals surface area (Å²) in [6.45, 7) is 0. The molecule has 1 aromatic heterocycles. The fourth-order valence-corrected chi connectivity index (χ4v) is 4.90. The number of ether oxygens (including phenoxy) is 1. The van der Waals surface area contributed by atoms with Gasteiger partial charge in [-0.2, -0.15) is 0 Å². The molecule has 0 amide bonds. The molecule has 0 spiro atoms. The van der Waals surface area contributed by atoms with Crippen LogP contribution < -0.4 is 9.04 Å². The Balaban J connectivity index is 1.77. The summed E-state index contributed by atoms with van der Waals surface area (Å²) in [6.07, 6.45) is 5.88. The SMILES string of the molecule is CN(c1cccc(OC(=O)c2ccccn2)c1)S(=O)(=O)C1CCCCC1. The van der Waals surface area contributed by atoms with Gasteiger partial charge in [-0.25, -0.2) is 18.2 Å². The molecule has 1 aliphatic rings. The molecule has 1 fully saturated rings. The number of pyridine rings is 1. The molecule has 6 nitrogen and oxygen atoms in total. The molecule has 138 valence electrons. The maximum absolute atomic E-state index is 12.8. The lowest BCUT2D eigenvalue weighted by Gasteiger charge is -2.28. The maximum Gasteiger partial charge on any atom is 0.362 e. The number of carbonyl (C=O) groups excluding carboxylic acids is 1. The minimum Gasteiger partial charge on any atom is -0.422 e. The lowest BCUT2D eigenvalue weighted by Crippen LogP contribution is -2.37. The average molecular weight is 374 g/mol. The van der Waals surface area contributed by atoms with E-state index in [1.54, 1.807) is 49.5 Å². The van der Waals surface area contributed by atoms with Gasteiger partial charge < -0.3 is 4.74 Å². The average Bonchev–Trinajstić information content (AvgIpc) is 2.69. The van der Waals surface area contributed by atoms with E-state index in [4.69, 9.17) is 4.74 Å². The number of sulfonamides is 1. The van der Waals surface area contributed by atoms with Gasteiger partial charge in [0.2, 0.25) is 10.0 Å². The third kappa shape index (κ3) is 4.04. The summed E-state index contributed by atoms with van der Waals surface area (Å²) in [7, 11) is -1.89. The number of nitrogens with zero attached hydrogens (tertiary/aromatic N) is 2. The molecule has 1 aliphatic carbocycles. The Hall–Kier alpha value is -2.41. The van der Waals surface area contributed by atoms with Gasteiger partial charge in [-0.05, 0) is 37.1 Å². The van der Waals surface area contributed by atoms with Crippen LogP contribution in [-0.4, -0.2) is 31.7 Å². The summed E-state index contributed by atoms with van der Waals surface area (Å²) in [6, 6.07) is 11.5. The molecule has 0 unspecified atom stereocenters. The molecule has 0 radical (unpaired) electrons. The van der Waals surface area contributed by atoms with E-state index < -0.39 is 16.0 Å². The van der Waals surface area contributed by atoms with Gasteiger partial charge in [0.05, 0.1) is 10.9 Å². The van der Waals surface area contributed by atoms with Crippen LogP contribution in [0.25, 0.3) is 0 Å². The van der Waals surface area contributed by atoms with Crippen molar-refractivity contribution in [2.45, 2.75) is 37.4 Å². The normalized spacial score (nSPS) is 15.4. The number of benzene rings is 1. The van der Waals surface area contributed by atoms with Crippen molar-refractivity contribution in [2.24, 2.45) is 0 Å². The molecule has 0 saturated heterocycles. The number of hydrogen-bond donors (Lipinski definition) is 0. The maximum atomic E-state index is 12.8. The molecule has 0 aliphatic heterocycles. The third-order valence-electron chi connectivity index (χ3n) is 4.62. The van der Waals surface area contributed by atoms with E-state index in [2.05, 4.69) is 4.98 Å². The van der Waals surface area contributed by atoms with Gasteiger partial charge >= 0.3 is 5.97 Å². The Kier molecular flexibility index (Phi) is 5.56. The molecule has 1 heterocycles. The molecular weight excluding hydrogens is 352 g/mol. The molecular formula is C19H22N2O4S. The van der Waals surface area contributed by atoms with E-state index in [0.717, 1.165) is 19.3 Å². The molecule has 3 rings (SSSR count). The summed E-state index contributed by atoms with van der Waals surface area (Å²) in [5.41, 5.74) is 0.669. The van der Waals surface area contributed by atoms with E-state index in [9.17, 15) is 13.2 Å². The number of anilines is 1. The van der Waals surface area contributed by atoms with Gasteiger partial charge in [0.25, 0.3) is 0 Å². The number of esters is 1. The zero-order valence-electron chi connectivity index (χ0n) is 14.7. The Morgan fingerprint density at radius 2 is 1.88 bits per heavy atom. The highest BCUT2D eigenvalue weighted by atomic mass is 32.2. The highest BCUT2D eigenvalue weighted by Crippen LogP contribution is 2.30. The summed E-state index contributed by atoms with van der Waals surface area (Å²) in [5.74, 6) is -0.301. The van der Waals surface area contributed by atoms with Gasteiger partial charge in [-0.15, -0.1) is 0 Å². The summed E-state index contributed by atoms with van der Waals surface area (Å²) in [4.78, 5) is 16.1. The second-order valence-corrected chi connectivity index (χ2v) is 8.62. The van der Waals surface area contributed by atoms with Crippen molar-refractivity contribution >= 4 is 21.7 Å². The number of hydrogen-bond acceptors (Lipinski definition) is 5.